The first-order valence-corrected chi connectivity index (χ1v) is 15.9. The van der Waals surface area contributed by atoms with Crippen LogP contribution in [0.2, 0.25) is 0 Å². The predicted molar refractivity (Wildman–Crippen MR) is 174 cm³/mol. The maximum Gasteiger partial charge on any atom is 0.272 e. The standard InChI is InChI=1S/C32H30N4O7S2/c1-42-28-17-8-21(19-29(28)43-2)18-27(36-31(38)22-6-4-3-5-7-22)32(39)35-24-9-13-25(14-10-24)44-20-30(37)34-23-11-15-26(16-12-23)45(33,40)41/h3-19H,20H2,1-2H3,(H,34,37)(H,35,39)(H,36,38)(H2,33,40,41)/b27-18-. The van der Waals surface area contributed by atoms with Crippen molar-refractivity contribution < 1.29 is 32.3 Å². The van der Waals surface area contributed by atoms with E-state index in [-0.39, 0.29) is 22.3 Å². The van der Waals surface area contributed by atoms with Crippen LogP contribution in [0.1, 0.15) is 15.9 Å². The summed E-state index contributed by atoms with van der Waals surface area (Å²) in [5.74, 6) is -0.234. The lowest BCUT2D eigenvalue weighted by molar-refractivity contribution is -0.114. The van der Waals surface area contributed by atoms with Crippen molar-refractivity contribution in [1.29, 1.82) is 0 Å². The van der Waals surface area contributed by atoms with Gasteiger partial charge in [-0.3, -0.25) is 14.4 Å². The highest BCUT2D eigenvalue weighted by Crippen LogP contribution is 2.28. The molecule has 11 nitrogen and oxygen atoms in total. The second kappa shape index (κ2) is 15.1. The van der Waals surface area contributed by atoms with E-state index in [0.29, 0.717) is 34.0 Å². The van der Waals surface area contributed by atoms with Crippen LogP contribution in [0.3, 0.4) is 0 Å². The molecule has 0 fully saturated rings. The maximum absolute atomic E-state index is 13.4. The Balaban J connectivity index is 1.42. The van der Waals surface area contributed by atoms with Gasteiger partial charge in [-0.2, -0.15) is 0 Å². The summed E-state index contributed by atoms with van der Waals surface area (Å²) in [5, 5.41) is 13.3. The second-order valence-corrected chi connectivity index (χ2v) is 12.0. The Bertz CT molecular complexity index is 1810. The molecular formula is C32H30N4O7S2. The lowest BCUT2D eigenvalue weighted by Gasteiger charge is -2.13. The Morgan fingerprint density at radius 3 is 2.04 bits per heavy atom. The molecule has 0 unspecified atom stereocenters. The zero-order valence-corrected chi connectivity index (χ0v) is 25.9. The number of nitrogens with one attached hydrogen (secondary N) is 3. The third-order valence-electron chi connectivity index (χ3n) is 6.20. The zero-order valence-electron chi connectivity index (χ0n) is 24.3. The molecule has 0 spiro atoms. The normalized spacial score (nSPS) is 11.3. The number of hydrogen-bond donors (Lipinski definition) is 4. The molecule has 45 heavy (non-hydrogen) atoms. The van der Waals surface area contributed by atoms with E-state index < -0.39 is 21.8 Å². The van der Waals surface area contributed by atoms with Crippen LogP contribution in [-0.4, -0.2) is 46.1 Å². The van der Waals surface area contributed by atoms with Crippen molar-refractivity contribution in [3.05, 3.63) is 114 Å². The summed E-state index contributed by atoms with van der Waals surface area (Å²) < 4.78 is 33.4. The van der Waals surface area contributed by atoms with Gasteiger partial charge in [-0.25, -0.2) is 13.6 Å². The number of amides is 3. The number of ether oxygens (including phenoxy) is 2. The van der Waals surface area contributed by atoms with Crippen molar-refractivity contribution in [3.8, 4) is 11.5 Å². The smallest absolute Gasteiger partial charge is 0.272 e. The molecule has 4 rings (SSSR count). The van der Waals surface area contributed by atoms with Gasteiger partial charge >= 0.3 is 0 Å². The molecule has 0 radical (unpaired) electrons. The Labute approximate surface area is 264 Å². The average Bonchev–Trinajstić information content (AvgIpc) is 3.04. The Kier molecular flexibility index (Phi) is 11.0. The molecule has 232 valence electrons. The van der Waals surface area contributed by atoms with Crippen molar-refractivity contribution >= 4 is 57.0 Å². The molecule has 0 aliphatic heterocycles. The third kappa shape index (κ3) is 9.44. The van der Waals surface area contributed by atoms with Gasteiger partial charge in [-0.05, 0) is 84.4 Å². The molecule has 13 heteroatoms. The SMILES string of the molecule is COc1ccc(/C=C(\NC(=O)c2ccccc2)C(=O)Nc2ccc(SCC(=O)Nc3ccc(S(N)(=O)=O)cc3)cc2)cc1OC. The molecule has 4 aromatic rings. The predicted octanol–water partition coefficient (Wildman–Crippen LogP) is 4.49. The van der Waals surface area contributed by atoms with Crippen LogP contribution in [0, 0.1) is 0 Å². The largest absolute Gasteiger partial charge is 0.493 e. The molecular weight excluding hydrogens is 617 g/mol. The minimum absolute atomic E-state index is 0.00305. The first-order valence-electron chi connectivity index (χ1n) is 13.3. The van der Waals surface area contributed by atoms with Gasteiger partial charge < -0.3 is 25.4 Å². The van der Waals surface area contributed by atoms with E-state index in [2.05, 4.69) is 16.0 Å². The van der Waals surface area contributed by atoms with Crippen molar-refractivity contribution in [2.24, 2.45) is 5.14 Å². The summed E-state index contributed by atoms with van der Waals surface area (Å²) in [5.41, 5.74) is 1.88. The van der Waals surface area contributed by atoms with Crippen LogP contribution in [0.25, 0.3) is 6.08 Å². The monoisotopic (exact) mass is 646 g/mol. The number of anilines is 2. The lowest BCUT2D eigenvalue weighted by Crippen LogP contribution is -2.30. The van der Waals surface area contributed by atoms with Gasteiger partial charge in [0.25, 0.3) is 11.8 Å². The Morgan fingerprint density at radius 2 is 1.42 bits per heavy atom. The summed E-state index contributed by atoms with van der Waals surface area (Å²) in [6.07, 6.45) is 1.53. The summed E-state index contributed by atoms with van der Waals surface area (Å²) in [6, 6.07) is 26.0. The Hall–Kier alpha value is -5.11. The molecule has 0 heterocycles. The number of hydrogen-bond acceptors (Lipinski definition) is 8. The topological polar surface area (TPSA) is 166 Å². The van der Waals surface area contributed by atoms with Crippen LogP contribution >= 0.6 is 11.8 Å². The Morgan fingerprint density at radius 1 is 0.800 bits per heavy atom. The number of benzene rings is 4. The van der Waals surface area contributed by atoms with Gasteiger partial charge in [0.1, 0.15) is 5.70 Å². The van der Waals surface area contributed by atoms with E-state index in [1.54, 1.807) is 72.8 Å². The van der Waals surface area contributed by atoms with Gasteiger partial charge in [-0.15, -0.1) is 11.8 Å². The zero-order chi connectivity index (χ0) is 32.4. The number of nitrogens with two attached hydrogens (primary N) is 1. The van der Waals surface area contributed by atoms with E-state index in [0.717, 1.165) is 4.90 Å². The highest BCUT2D eigenvalue weighted by molar-refractivity contribution is 8.00. The number of primary sulfonamides is 1. The van der Waals surface area contributed by atoms with Crippen LogP contribution in [-0.2, 0) is 19.6 Å². The summed E-state index contributed by atoms with van der Waals surface area (Å²) >= 11 is 1.27. The van der Waals surface area contributed by atoms with Crippen molar-refractivity contribution in [1.82, 2.24) is 5.32 Å². The van der Waals surface area contributed by atoms with Crippen LogP contribution in [0.5, 0.6) is 11.5 Å². The second-order valence-electron chi connectivity index (χ2n) is 9.38. The highest BCUT2D eigenvalue weighted by atomic mass is 32.2. The fraction of sp³-hybridized carbons (Fsp3) is 0.0938. The van der Waals surface area contributed by atoms with E-state index >= 15 is 0 Å². The molecule has 3 amide bonds. The molecule has 0 aromatic heterocycles. The number of thioether (sulfide) groups is 1. The summed E-state index contributed by atoms with van der Waals surface area (Å²) in [4.78, 5) is 39.4. The van der Waals surface area contributed by atoms with Gasteiger partial charge in [0.05, 0.1) is 24.9 Å². The van der Waals surface area contributed by atoms with Crippen LogP contribution < -0.4 is 30.6 Å². The number of methoxy groups -OCH3 is 2. The molecule has 5 N–H and O–H groups in total. The molecule has 0 saturated heterocycles. The van der Waals surface area contributed by atoms with E-state index in [1.807, 2.05) is 0 Å². The summed E-state index contributed by atoms with van der Waals surface area (Å²) in [6.45, 7) is 0. The first-order chi connectivity index (χ1) is 21.5. The van der Waals surface area contributed by atoms with Crippen molar-refractivity contribution in [2.75, 3.05) is 30.6 Å². The van der Waals surface area contributed by atoms with Gasteiger partial charge in [0, 0.05) is 21.8 Å². The average molecular weight is 647 g/mol. The lowest BCUT2D eigenvalue weighted by atomic mass is 10.1. The number of sulfonamides is 1. The molecule has 0 saturated carbocycles. The quantitative estimate of drug-likeness (QED) is 0.129. The maximum atomic E-state index is 13.4. The number of carbonyl (C=O) groups excluding carboxylic acids is 3. The van der Waals surface area contributed by atoms with E-state index in [1.165, 1.54) is 56.3 Å². The van der Waals surface area contributed by atoms with E-state index in [4.69, 9.17) is 14.6 Å². The molecule has 4 aromatic carbocycles. The molecule has 0 aliphatic carbocycles. The number of rotatable bonds is 12. The first kappa shape index (κ1) is 32.8. The number of carbonyl (C=O) groups is 3. The van der Waals surface area contributed by atoms with E-state index in [9.17, 15) is 22.8 Å². The molecule has 0 aliphatic rings. The minimum Gasteiger partial charge on any atom is -0.493 e. The minimum atomic E-state index is -3.82. The molecule has 0 bridgehead atoms. The van der Waals surface area contributed by atoms with Gasteiger partial charge in [0.2, 0.25) is 15.9 Å². The van der Waals surface area contributed by atoms with Crippen LogP contribution in [0.4, 0.5) is 11.4 Å². The van der Waals surface area contributed by atoms with Crippen molar-refractivity contribution in [2.45, 2.75) is 9.79 Å². The fourth-order valence-electron chi connectivity index (χ4n) is 3.96. The third-order valence-corrected chi connectivity index (χ3v) is 8.14. The summed E-state index contributed by atoms with van der Waals surface area (Å²) in [7, 11) is -0.799. The van der Waals surface area contributed by atoms with Gasteiger partial charge in [0.15, 0.2) is 11.5 Å². The fourth-order valence-corrected chi connectivity index (χ4v) is 5.17. The highest BCUT2D eigenvalue weighted by Gasteiger charge is 2.16. The van der Waals surface area contributed by atoms with Crippen molar-refractivity contribution in [3.63, 3.8) is 0 Å². The van der Waals surface area contributed by atoms with Gasteiger partial charge in [-0.1, -0.05) is 24.3 Å². The van der Waals surface area contributed by atoms with Crippen LogP contribution in [0.15, 0.2) is 113 Å². The molecule has 0 atom stereocenters.